The zero-order valence-corrected chi connectivity index (χ0v) is 14.9. The van der Waals surface area contributed by atoms with Crippen LogP contribution in [0.3, 0.4) is 0 Å². The maximum Gasteiger partial charge on any atom is 0.226 e. The molecule has 0 unspecified atom stereocenters. The summed E-state index contributed by atoms with van der Waals surface area (Å²) in [5, 5.41) is 4.27. The normalized spacial score (nSPS) is 32.3. The van der Waals surface area contributed by atoms with Gasteiger partial charge in [0, 0.05) is 19.6 Å². The van der Waals surface area contributed by atoms with Gasteiger partial charge in [0.05, 0.1) is 18.1 Å². The number of nitrogens with zero attached hydrogens (tertiary/aromatic N) is 2. The minimum absolute atomic E-state index is 0.0943. The first-order valence-electron chi connectivity index (χ1n) is 9.03. The lowest BCUT2D eigenvalue weighted by atomic mass is 9.81. The lowest BCUT2D eigenvalue weighted by Crippen LogP contribution is -2.30. The molecule has 3 heterocycles. The Morgan fingerprint density at radius 1 is 1.13 bits per heavy atom. The second-order valence-corrected chi connectivity index (χ2v) is 8.09. The van der Waals surface area contributed by atoms with Crippen LogP contribution >= 0.6 is 0 Å². The summed E-state index contributed by atoms with van der Waals surface area (Å²) in [6.45, 7) is 10.5. The Morgan fingerprint density at radius 2 is 1.91 bits per heavy atom. The van der Waals surface area contributed by atoms with Crippen molar-refractivity contribution >= 4 is 0 Å². The van der Waals surface area contributed by atoms with E-state index in [0.29, 0.717) is 12.0 Å². The number of rotatable bonds is 4. The van der Waals surface area contributed by atoms with Gasteiger partial charge in [-0.1, -0.05) is 32.9 Å². The number of aromatic nitrogens is 2. The average molecular weight is 322 g/mol. The molecule has 5 nitrogen and oxygen atoms in total. The molecule has 5 heteroatoms. The molecule has 4 atom stereocenters. The summed E-state index contributed by atoms with van der Waals surface area (Å²) in [5.74, 6) is 2.46. The standard InChI is InChI=1S/C18H30N2O3/c1-5-13-10-12(6-8-21-13)11-15-19-17(20-23-15)14-7-9-22-16(14)18(2,3)4/h12-14,16H,5-11H2,1-4H3/t12-,13-,14+,16+/m1/s1. The average Bonchev–Trinajstić information content (AvgIpc) is 3.15. The minimum atomic E-state index is 0.0943. The highest BCUT2D eigenvalue weighted by atomic mass is 16.5. The van der Waals surface area contributed by atoms with Crippen LogP contribution in [0.15, 0.2) is 4.52 Å². The lowest BCUT2D eigenvalue weighted by Gasteiger charge is -2.29. The predicted octanol–water partition coefficient (Wildman–Crippen LogP) is 3.74. The Morgan fingerprint density at radius 3 is 2.65 bits per heavy atom. The molecule has 0 bridgehead atoms. The highest BCUT2D eigenvalue weighted by Crippen LogP contribution is 2.39. The van der Waals surface area contributed by atoms with E-state index in [1.54, 1.807) is 0 Å². The summed E-state index contributed by atoms with van der Waals surface area (Å²) in [6, 6.07) is 0. The Hall–Kier alpha value is -0.940. The molecule has 23 heavy (non-hydrogen) atoms. The van der Waals surface area contributed by atoms with Gasteiger partial charge in [0.1, 0.15) is 0 Å². The molecule has 0 radical (unpaired) electrons. The first-order valence-corrected chi connectivity index (χ1v) is 9.03. The van der Waals surface area contributed by atoms with Gasteiger partial charge in [-0.25, -0.2) is 0 Å². The number of ether oxygens (including phenoxy) is 2. The highest BCUT2D eigenvalue weighted by molar-refractivity contribution is 5.05. The summed E-state index contributed by atoms with van der Waals surface area (Å²) in [6.07, 6.45) is 5.69. The van der Waals surface area contributed by atoms with Gasteiger partial charge in [0.25, 0.3) is 0 Å². The van der Waals surface area contributed by atoms with E-state index in [-0.39, 0.29) is 17.4 Å². The van der Waals surface area contributed by atoms with Gasteiger partial charge in [-0.2, -0.15) is 4.98 Å². The zero-order chi connectivity index (χ0) is 16.4. The van der Waals surface area contributed by atoms with Crippen LogP contribution in [0.5, 0.6) is 0 Å². The monoisotopic (exact) mass is 322 g/mol. The van der Waals surface area contributed by atoms with Crippen molar-refractivity contribution in [3.63, 3.8) is 0 Å². The molecule has 0 spiro atoms. The quantitative estimate of drug-likeness (QED) is 0.845. The summed E-state index contributed by atoms with van der Waals surface area (Å²) < 4.78 is 17.2. The molecule has 2 saturated heterocycles. The van der Waals surface area contributed by atoms with Crippen LogP contribution < -0.4 is 0 Å². The predicted molar refractivity (Wildman–Crippen MR) is 87.3 cm³/mol. The second-order valence-electron chi connectivity index (χ2n) is 8.09. The third-order valence-corrected chi connectivity index (χ3v) is 5.16. The molecule has 2 fully saturated rings. The third kappa shape index (κ3) is 3.94. The molecule has 0 aromatic carbocycles. The fourth-order valence-electron chi connectivity index (χ4n) is 3.89. The topological polar surface area (TPSA) is 57.4 Å². The summed E-state index contributed by atoms with van der Waals surface area (Å²) in [4.78, 5) is 4.70. The summed E-state index contributed by atoms with van der Waals surface area (Å²) >= 11 is 0. The van der Waals surface area contributed by atoms with E-state index >= 15 is 0 Å². The van der Waals surface area contributed by atoms with E-state index < -0.39 is 0 Å². The van der Waals surface area contributed by atoms with E-state index in [1.807, 2.05) is 0 Å². The molecule has 2 aliphatic rings. The van der Waals surface area contributed by atoms with E-state index in [1.165, 1.54) is 0 Å². The van der Waals surface area contributed by atoms with Crippen molar-refractivity contribution in [2.24, 2.45) is 11.3 Å². The summed E-state index contributed by atoms with van der Waals surface area (Å²) in [5.41, 5.74) is 0.0943. The van der Waals surface area contributed by atoms with Crippen molar-refractivity contribution in [2.45, 2.75) is 77.9 Å². The number of hydrogen-bond donors (Lipinski definition) is 0. The van der Waals surface area contributed by atoms with Gasteiger partial charge in [-0.05, 0) is 37.0 Å². The van der Waals surface area contributed by atoms with Crippen molar-refractivity contribution in [3.8, 4) is 0 Å². The molecule has 0 aliphatic carbocycles. The molecule has 1 aromatic heterocycles. The van der Waals surface area contributed by atoms with Crippen molar-refractivity contribution in [1.82, 2.24) is 10.1 Å². The third-order valence-electron chi connectivity index (χ3n) is 5.16. The van der Waals surface area contributed by atoms with Crippen molar-refractivity contribution < 1.29 is 14.0 Å². The van der Waals surface area contributed by atoms with Crippen LogP contribution in [0, 0.1) is 11.3 Å². The second kappa shape index (κ2) is 6.89. The molecule has 2 aliphatic heterocycles. The van der Waals surface area contributed by atoms with Gasteiger partial charge in [0.15, 0.2) is 5.82 Å². The van der Waals surface area contributed by atoms with Gasteiger partial charge in [0.2, 0.25) is 5.89 Å². The Bertz CT molecular complexity index is 509. The van der Waals surface area contributed by atoms with Gasteiger partial charge >= 0.3 is 0 Å². The highest BCUT2D eigenvalue weighted by Gasteiger charge is 2.40. The van der Waals surface area contributed by atoms with Gasteiger partial charge in [-0.15, -0.1) is 0 Å². The van der Waals surface area contributed by atoms with E-state index in [9.17, 15) is 0 Å². The Labute approximate surface area is 139 Å². The maximum absolute atomic E-state index is 5.93. The SMILES string of the molecule is CC[C@@H]1C[C@H](Cc2nc([C@H]3CCO[C@@H]3C(C)(C)C)no2)CCO1. The molecule has 3 rings (SSSR count). The zero-order valence-electron chi connectivity index (χ0n) is 14.9. The minimum Gasteiger partial charge on any atom is -0.378 e. The first kappa shape index (κ1) is 16.9. The largest absolute Gasteiger partial charge is 0.378 e. The molecular weight excluding hydrogens is 292 g/mol. The van der Waals surface area contributed by atoms with Crippen LogP contribution in [0.2, 0.25) is 0 Å². The van der Waals surface area contributed by atoms with Gasteiger partial charge in [-0.3, -0.25) is 0 Å². The molecule has 0 amide bonds. The fraction of sp³-hybridized carbons (Fsp3) is 0.889. The van der Waals surface area contributed by atoms with Crippen molar-refractivity contribution in [1.29, 1.82) is 0 Å². The van der Waals surface area contributed by atoms with Crippen LogP contribution in [0.25, 0.3) is 0 Å². The van der Waals surface area contributed by atoms with Crippen LogP contribution in [-0.2, 0) is 15.9 Å². The molecule has 1 aromatic rings. The first-order chi connectivity index (χ1) is 11.0. The van der Waals surface area contributed by atoms with Crippen LogP contribution in [-0.4, -0.2) is 35.6 Å². The van der Waals surface area contributed by atoms with Crippen molar-refractivity contribution in [3.05, 3.63) is 11.7 Å². The van der Waals surface area contributed by atoms with Gasteiger partial charge < -0.3 is 14.0 Å². The van der Waals surface area contributed by atoms with E-state index in [2.05, 4.69) is 32.9 Å². The Balaban J connectivity index is 1.64. The maximum atomic E-state index is 5.93. The summed E-state index contributed by atoms with van der Waals surface area (Å²) in [7, 11) is 0. The molecular formula is C18H30N2O3. The Kier molecular flexibility index (Phi) is 5.07. The van der Waals surface area contributed by atoms with Crippen molar-refractivity contribution in [2.75, 3.05) is 13.2 Å². The van der Waals surface area contributed by atoms with E-state index in [4.69, 9.17) is 19.0 Å². The smallest absolute Gasteiger partial charge is 0.226 e. The van der Waals surface area contributed by atoms with Crippen LogP contribution in [0.4, 0.5) is 0 Å². The lowest BCUT2D eigenvalue weighted by molar-refractivity contribution is -0.0115. The molecule has 0 N–H and O–H groups in total. The fourth-order valence-corrected chi connectivity index (χ4v) is 3.89. The van der Waals surface area contributed by atoms with Crippen LogP contribution in [0.1, 0.15) is 71.0 Å². The number of hydrogen-bond acceptors (Lipinski definition) is 5. The molecule has 130 valence electrons. The van der Waals surface area contributed by atoms with E-state index in [0.717, 1.165) is 57.0 Å². The molecule has 0 saturated carbocycles.